The number of hydrogen-bond acceptors (Lipinski definition) is 2. The SMILES string of the molecule is [2H]C1c2ccc(O)cc2CCC12CCOCC2. The molecule has 1 atom stereocenters. The monoisotopic (exact) mass is 219 g/mol. The Labute approximate surface area is 97.7 Å². The lowest BCUT2D eigenvalue weighted by atomic mass is 9.67. The molecule has 16 heavy (non-hydrogen) atoms. The average Bonchev–Trinajstić information content (AvgIpc) is 2.36. The van der Waals surface area contributed by atoms with Crippen molar-refractivity contribution in [2.24, 2.45) is 5.41 Å². The first-order valence-corrected chi connectivity index (χ1v) is 6.03. The zero-order valence-electron chi connectivity index (χ0n) is 10.4. The van der Waals surface area contributed by atoms with E-state index in [9.17, 15) is 5.11 Å². The van der Waals surface area contributed by atoms with Crippen molar-refractivity contribution in [1.29, 1.82) is 0 Å². The molecule has 1 unspecified atom stereocenters. The number of phenolic OH excluding ortho intramolecular Hbond substituents is 1. The number of rotatable bonds is 0. The number of aromatic hydroxyl groups is 1. The predicted molar refractivity (Wildman–Crippen MR) is 62.6 cm³/mol. The van der Waals surface area contributed by atoms with Gasteiger partial charge in [0.25, 0.3) is 0 Å². The van der Waals surface area contributed by atoms with Crippen LogP contribution < -0.4 is 0 Å². The molecule has 1 aliphatic heterocycles. The fourth-order valence-corrected chi connectivity index (χ4v) is 2.91. The van der Waals surface area contributed by atoms with Gasteiger partial charge in [0.2, 0.25) is 0 Å². The van der Waals surface area contributed by atoms with Gasteiger partial charge in [0, 0.05) is 14.6 Å². The third kappa shape index (κ3) is 1.71. The van der Waals surface area contributed by atoms with Crippen molar-refractivity contribution in [3.8, 4) is 5.75 Å². The largest absolute Gasteiger partial charge is 0.508 e. The maximum absolute atomic E-state index is 9.50. The van der Waals surface area contributed by atoms with E-state index in [1.165, 1.54) is 0 Å². The summed E-state index contributed by atoms with van der Waals surface area (Å²) in [5.74, 6) is 0.318. The van der Waals surface area contributed by atoms with Crippen LogP contribution in [0.5, 0.6) is 5.75 Å². The van der Waals surface area contributed by atoms with Gasteiger partial charge in [-0.1, -0.05) is 6.07 Å². The van der Waals surface area contributed by atoms with Crippen molar-refractivity contribution in [1.82, 2.24) is 0 Å². The second-order valence-corrected chi connectivity index (χ2v) is 5.00. The maximum Gasteiger partial charge on any atom is 0.115 e. The van der Waals surface area contributed by atoms with Crippen LogP contribution >= 0.6 is 0 Å². The van der Waals surface area contributed by atoms with E-state index in [2.05, 4.69) is 0 Å². The van der Waals surface area contributed by atoms with E-state index in [0.717, 1.165) is 50.0 Å². The molecule has 0 amide bonds. The molecule has 0 bridgehead atoms. The molecule has 1 saturated heterocycles. The van der Waals surface area contributed by atoms with Crippen molar-refractivity contribution in [3.05, 3.63) is 29.3 Å². The maximum atomic E-state index is 9.50. The van der Waals surface area contributed by atoms with E-state index in [1.807, 2.05) is 12.1 Å². The molecule has 1 heterocycles. The summed E-state index contributed by atoms with van der Waals surface area (Å²) >= 11 is 0. The van der Waals surface area contributed by atoms with Gasteiger partial charge in [-0.2, -0.15) is 0 Å². The summed E-state index contributed by atoms with van der Waals surface area (Å²) in [4.78, 5) is 0. The second-order valence-electron chi connectivity index (χ2n) is 5.00. The van der Waals surface area contributed by atoms with Crippen molar-refractivity contribution >= 4 is 0 Å². The summed E-state index contributed by atoms with van der Waals surface area (Å²) in [6, 6.07) is 5.46. The predicted octanol–water partition coefficient (Wildman–Crippen LogP) is 2.68. The molecule has 2 heteroatoms. The lowest BCUT2D eigenvalue weighted by molar-refractivity contribution is 0.00751. The van der Waals surface area contributed by atoms with Crippen LogP contribution in [0.4, 0.5) is 0 Å². The van der Waals surface area contributed by atoms with Crippen LogP contribution in [0.25, 0.3) is 0 Å². The fraction of sp³-hybridized carbons (Fsp3) is 0.571. The molecule has 1 fully saturated rings. The van der Waals surface area contributed by atoms with Crippen LogP contribution in [-0.4, -0.2) is 18.3 Å². The summed E-state index contributed by atoms with van der Waals surface area (Å²) in [6.07, 6.45) is 3.89. The molecule has 0 radical (unpaired) electrons. The first-order chi connectivity index (χ1) is 8.21. The van der Waals surface area contributed by atoms with E-state index < -0.39 is 0 Å². The molecule has 1 aromatic rings. The summed E-state index contributed by atoms with van der Waals surface area (Å²) in [5.41, 5.74) is 2.38. The molecular weight excluding hydrogens is 200 g/mol. The molecule has 1 aliphatic carbocycles. The molecule has 1 N–H and O–H groups in total. The number of aryl methyl sites for hydroxylation is 1. The van der Waals surface area contributed by atoms with Crippen LogP contribution in [-0.2, 0) is 17.6 Å². The molecule has 86 valence electrons. The van der Waals surface area contributed by atoms with Gasteiger partial charge >= 0.3 is 0 Å². The minimum Gasteiger partial charge on any atom is -0.508 e. The molecule has 1 spiro atoms. The summed E-state index contributed by atoms with van der Waals surface area (Å²) < 4.78 is 14.0. The van der Waals surface area contributed by atoms with Crippen molar-refractivity contribution in [3.63, 3.8) is 0 Å². The highest BCUT2D eigenvalue weighted by Crippen LogP contribution is 2.43. The lowest BCUT2D eigenvalue weighted by Gasteiger charge is -2.41. The topological polar surface area (TPSA) is 29.5 Å². The Morgan fingerprint density at radius 3 is 2.81 bits per heavy atom. The number of fused-ring (bicyclic) bond motifs is 1. The van der Waals surface area contributed by atoms with Crippen LogP contribution in [0, 0.1) is 5.41 Å². The minimum absolute atomic E-state index is 0.113. The van der Waals surface area contributed by atoms with E-state index >= 15 is 0 Å². The van der Waals surface area contributed by atoms with Gasteiger partial charge in [0.15, 0.2) is 0 Å². The van der Waals surface area contributed by atoms with Crippen molar-refractivity contribution in [2.45, 2.75) is 32.1 Å². The zero-order chi connectivity index (χ0) is 11.9. The van der Waals surface area contributed by atoms with Gasteiger partial charge in [-0.25, -0.2) is 0 Å². The fourth-order valence-electron chi connectivity index (χ4n) is 2.91. The van der Waals surface area contributed by atoms with Crippen LogP contribution in [0.1, 0.15) is 31.8 Å². The minimum atomic E-state index is -0.157. The van der Waals surface area contributed by atoms with Crippen LogP contribution in [0.3, 0.4) is 0 Å². The molecule has 0 aromatic heterocycles. The Kier molecular flexibility index (Phi) is 2.14. The summed E-state index contributed by atoms with van der Waals surface area (Å²) in [6.45, 7) is 1.59. The number of benzene rings is 1. The van der Waals surface area contributed by atoms with Gasteiger partial charge in [-0.15, -0.1) is 0 Å². The Bertz CT molecular complexity index is 424. The highest BCUT2D eigenvalue weighted by atomic mass is 16.5. The lowest BCUT2D eigenvalue weighted by Crippen LogP contribution is -2.35. The van der Waals surface area contributed by atoms with Gasteiger partial charge in [-0.3, -0.25) is 0 Å². The van der Waals surface area contributed by atoms with E-state index in [0.29, 0.717) is 5.75 Å². The first-order valence-electron chi connectivity index (χ1n) is 6.61. The Balaban J connectivity index is 1.96. The normalized spacial score (nSPS) is 28.5. The van der Waals surface area contributed by atoms with Crippen molar-refractivity contribution in [2.75, 3.05) is 13.2 Å². The average molecular weight is 219 g/mol. The van der Waals surface area contributed by atoms with Gasteiger partial charge in [0.1, 0.15) is 5.75 Å². The quantitative estimate of drug-likeness (QED) is 0.727. The van der Waals surface area contributed by atoms with Gasteiger partial charge < -0.3 is 9.84 Å². The molecule has 3 rings (SSSR count). The number of ether oxygens (including phenoxy) is 1. The van der Waals surface area contributed by atoms with Crippen LogP contribution in [0.15, 0.2) is 18.2 Å². The third-order valence-corrected chi connectivity index (χ3v) is 3.97. The van der Waals surface area contributed by atoms with Gasteiger partial charge in [0.05, 0.1) is 0 Å². The summed E-state index contributed by atoms with van der Waals surface area (Å²) in [5, 5.41) is 9.50. The number of phenols is 1. The summed E-state index contributed by atoms with van der Waals surface area (Å²) in [7, 11) is 0. The van der Waals surface area contributed by atoms with Crippen LogP contribution in [0.2, 0.25) is 0 Å². The Morgan fingerprint density at radius 2 is 2.00 bits per heavy atom. The highest BCUT2D eigenvalue weighted by molar-refractivity contribution is 5.37. The molecule has 2 nitrogen and oxygen atoms in total. The Hall–Kier alpha value is -1.02. The molecular formula is C14H18O2. The van der Waals surface area contributed by atoms with E-state index in [-0.39, 0.29) is 11.8 Å². The van der Waals surface area contributed by atoms with E-state index in [4.69, 9.17) is 6.11 Å². The molecule has 0 saturated carbocycles. The highest BCUT2D eigenvalue weighted by Gasteiger charge is 2.35. The smallest absolute Gasteiger partial charge is 0.115 e. The number of hydrogen-bond donors (Lipinski definition) is 1. The Morgan fingerprint density at radius 1 is 1.19 bits per heavy atom. The van der Waals surface area contributed by atoms with E-state index in [1.54, 1.807) is 6.07 Å². The first kappa shape index (κ1) is 9.06. The van der Waals surface area contributed by atoms with Crippen molar-refractivity contribution < 1.29 is 11.2 Å². The molecule has 1 aromatic carbocycles. The second kappa shape index (κ2) is 3.77. The standard InChI is InChI=1S/C14H18O2/c15-13-2-1-12-10-14(4-3-11(12)9-13)5-7-16-8-6-14/h1-2,9,15H,3-8,10H2/i10D. The molecule has 2 aliphatic rings. The van der Waals surface area contributed by atoms with Gasteiger partial charge in [-0.05, 0) is 60.8 Å². The zero-order valence-corrected chi connectivity index (χ0v) is 9.41. The third-order valence-electron chi connectivity index (χ3n) is 3.97.